The second-order valence-corrected chi connectivity index (χ2v) is 6.51. The quantitative estimate of drug-likeness (QED) is 0.716. The minimum atomic E-state index is -0.989. The maximum absolute atomic E-state index is 11.6. The predicted molar refractivity (Wildman–Crippen MR) is 104 cm³/mol. The van der Waals surface area contributed by atoms with E-state index in [1.54, 1.807) is 21.9 Å². The molecule has 0 aliphatic carbocycles. The van der Waals surface area contributed by atoms with E-state index in [1.165, 1.54) is 0 Å². The SMILES string of the molecule is CCCCN1[C]N(c2cc(C(=O)O)cc(N3[C]N(CCCC)C=C3)n2)C=C1. The van der Waals surface area contributed by atoms with Crippen molar-refractivity contribution >= 4 is 17.6 Å². The van der Waals surface area contributed by atoms with Gasteiger partial charge in [0.05, 0.1) is 5.56 Å². The molecule has 7 heteroatoms. The molecule has 1 aromatic rings. The average molecular weight is 367 g/mol. The van der Waals surface area contributed by atoms with Crippen molar-refractivity contribution in [3.05, 3.63) is 55.8 Å². The summed E-state index contributed by atoms with van der Waals surface area (Å²) in [4.78, 5) is 23.6. The Morgan fingerprint density at radius 1 is 0.926 bits per heavy atom. The molecule has 0 unspecified atom stereocenters. The molecule has 142 valence electrons. The third-order valence-electron chi connectivity index (χ3n) is 4.31. The summed E-state index contributed by atoms with van der Waals surface area (Å²) in [5.74, 6) is 0.0432. The number of nitrogens with zero attached hydrogens (tertiary/aromatic N) is 5. The summed E-state index contributed by atoms with van der Waals surface area (Å²) in [5, 5.41) is 9.49. The van der Waals surface area contributed by atoms with Crippen molar-refractivity contribution in [3.63, 3.8) is 0 Å². The van der Waals surface area contributed by atoms with Gasteiger partial charge in [0, 0.05) is 37.9 Å². The monoisotopic (exact) mass is 367 g/mol. The van der Waals surface area contributed by atoms with Gasteiger partial charge in [-0.3, -0.25) is 9.80 Å². The van der Waals surface area contributed by atoms with Crippen molar-refractivity contribution in [1.82, 2.24) is 14.8 Å². The first-order chi connectivity index (χ1) is 13.1. The number of aromatic carboxylic acids is 1. The molecule has 4 radical (unpaired) electrons. The number of hydrogen-bond acceptors (Lipinski definition) is 6. The first-order valence-corrected chi connectivity index (χ1v) is 9.37. The lowest BCUT2D eigenvalue weighted by Gasteiger charge is -2.22. The van der Waals surface area contributed by atoms with E-state index < -0.39 is 5.97 Å². The van der Waals surface area contributed by atoms with Crippen LogP contribution in [0.15, 0.2) is 36.9 Å². The lowest BCUT2D eigenvalue weighted by atomic mass is 10.2. The van der Waals surface area contributed by atoms with E-state index in [-0.39, 0.29) is 5.56 Å². The van der Waals surface area contributed by atoms with Crippen LogP contribution < -0.4 is 9.80 Å². The van der Waals surface area contributed by atoms with Gasteiger partial charge in [0.2, 0.25) is 13.3 Å². The predicted octanol–water partition coefficient (Wildman–Crippen LogP) is 3.56. The third kappa shape index (κ3) is 4.72. The standard InChI is InChI=1S/C20H25N5O2/c1-3-5-7-22-9-11-24(15-22)18-13-17(20(26)27)14-19(21-18)25-12-10-23(16-25)8-6-4-2/h9-14H,3-8H2,1-2H3,(H,26,27). The molecule has 0 bridgehead atoms. The minimum absolute atomic E-state index is 0.180. The van der Waals surface area contributed by atoms with Crippen molar-refractivity contribution < 1.29 is 9.90 Å². The lowest BCUT2D eigenvalue weighted by Crippen LogP contribution is -2.23. The van der Waals surface area contributed by atoms with Crippen molar-refractivity contribution in [2.75, 3.05) is 22.9 Å². The molecule has 2 aliphatic heterocycles. The van der Waals surface area contributed by atoms with Gasteiger partial charge < -0.3 is 14.9 Å². The van der Waals surface area contributed by atoms with Crippen LogP contribution in [0.25, 0.3) is 0 Å². The number of carbonyl (C=O) groups is 1. The molecule has 1 aromatic heterocycles. The Bertz CT molecular complexity index is 668. The molecule has 2 aliphatic rings. The van der Waals surface area contributed by atoms with E-state index in [0.29, 0.717) is 11.6 Å². The number of aromatic nitrogens is 1. The van der Waals surface area contributed by atoms with Gasteiger partial charge in [-0.15, -0.1) is 0 Å². The van der Waals surface area contributed by atoms with Crippen LogP contribution in [-0.4, -0.2) is 38.9 Å². The van der Waals surface area contributed by atoms with Gasteiger partial charge in [-0.05, 0) is 25.0 Å². The van der Waals surface area contributed by atoms with Crippen LogP contribution in [0.5, 0.6) is 0 Å². The van der Waals surface area contributed by atoms with E-state index in [0.717, 1.165) is 38.8 Å². The molecular weight excluding hydrogens is 342 g/mol. The summed E-state index contributed by atoms with van der Waals surface area (Å²) >= 11 is 0. The van der Waals surface area contributed by atoms with Crippen LogP contribution in [0.3, 0.4) is 0 Å². The fourth-order valence-corrected chi connectivity index (χ4v) is 2.74. The van der Waals surface area contributed by atoms with Crippen LogP contribution >= 0.6 is 0 Å². The number of anilines is 2. The number of hydrogen-bond donors (Lipinski definition) is 1. The van der Waals surface area contributed by atoms with Gasteiger partial charge >= 0.3 is 5.97 Å². The molecule has 0 amide bonds. The summed E-state index contributed by atoms with van der Waals surface area (Å²) in [7, 11) is 0. The normalized spacial score (nSPS) is 16.1. The molecule has 0 saturated heterocycles. The van der Waals surface area contributed by atoms with Crippen molar-refractivity contribution in [1.29, 1.82) is 0 Å². The number of pyridine rings is 1. The molecule has 0 saturated carbocycles. The molecule has 3 rings (SSSR count). The van der Waals surface area contributed by atoms with Crippen molar-refractivity contribution in [2.24, 2.45) is 0 Å². The Morgan fingerprint density at radius 2 is 1.41 bits per heavy atom. The summed E-state index contributed by atoms with van der Waals surface area (Å²) in [6.07, 6.45) is 11.9. The summed E-state index contributed by atoms with van der Waals surface area (Å²) in [6, 6.07) is 3.11. The zero-order valence-corrected chi connectivity index (χ0v) is 15.8. The lowest BCUT2D eigenvalue weighted by molar-refractivity contribution is 0.0697. The maximum atomic E-state index is 11.6. The Morgan fingerprint density at radius 3 is 1.81 bits per heavy atom. The molecule has 0 spiro atoms. The highest BCUT2D eigenvalue weighted by Crippen LogP contribution is 2.28. The van der Waals surface area contributed by atoms with E-state index in [1.807, 2.05) is 34.6 Å². The topological polar surface area (TPSA) is 63.2 Å². The Kier molecular flexibility index (Phi) is 6.21. The zero-order valence-electron chi connectivity index (χ0n) is 15.8. The van der Waals surface area contributed by atoms with E-state index >= 15 is 0 Å². The second kappa shape index (κ2) is 8.79. The van der Waals surface area contributed by atoms with E-state index in [4.69, 9.17) is 0 Å². The highest BCUT2D eigenvalue weighted by Gasteiger charge is 2.23. The number of unbranched alkanes of at least 4 members (excludes halogenated alkanes) is 2. The third-order valence-corrected chi connectivity index (χ3v) is 4.31. The highest BCUT2D eigenvalue weighted by molar-refractivity contribution is 5.90. The smallest absolute Gasteiger partial charge is 0.335 e. The van der Waals surface area contributed by atoms with Gasteiger partial charge in [0.1, 0.15) is 11.6 Å². The first-order valence-electron chi connectivity index (χ1n) is 9.37. The van der Waals surface area contributed by atoms with Gasteiger partial charge in [-0.2, -0.15) is 0 Å². The summed E-state index contributed by atoms with van der Waals surface area (Å²) in [5.41, 5.74) is 0.180. The number of carboxylic acid groups (broad SMARTS) is 1. The van der Waals surface area contributed by atoms with Crippen molar-refractivity contribution in [2.45, 2.75) is 39.5 Å². The van der Waals surface area contributed by atoms with Gasteiger partial charge in [0.25, 0.3) is 0 Å². The minimum Gasteiger partial charge on any atom is -0.478 e. The zero-order chi connectivity index (χ0) is 19.2. The maximum Gasteiger partial charge on any atom is 0.335 e. The fraction of sp³-hybridized carbons (Fsp3) is 0.400. The van der Waals surface area contributed by atoms with Crippen molar-refractivity contribution in [3.8, 4) is 0 Å². The van der Waals surface area contributed by atoms with E-state index in [2.05, 4.69) is 32.2 Å². The average Bonchev–Trinajstić information content (AvgIpc) is 3.34. The highest BCUT2D eigenvalue weighted by atomic mass is 16.4. The molecule has 27 heavy (non-hydrogen) atoms. The molecule has 7 nitrogen and oxygen atoms in total. The van der Waals surface area contributed by atoms with Gasteiger partial charge in [0.15, 0.2) is 0 Å². The first kappa shape index (κ1) is 19.1. The number of carboxylic acids is 1. The second-order valence-electron chi connectivity index (χ2n) is 6.51. The number of rotatable bonds is 9. The molecule has 0 fully saturated rings. The van der Waals surface area contributed by atoms with Gasteiger partial charge in [-0.1, -0.05) is 26.7 Å². The van der Waals surface area contributed by atoms with Crippen LogP contribution in [0.2, 0.25) is 0 Å². The molecule has 0 aromatic carbocycles. The molecule has 0 atom stereocenters. The Balaban J connectivity index is 1.76. The summed E-state index contributed by atoms with van der Waals surface area (Å²) < 4.78 is 0. The van der Waals surface area contributed by atoms with Crippen LogP contribution in [0.1, 0.15) is 49.9 Å². The molecule has 1 N–H and O–H groups in total. The fourth-order valence-electron chi connectivity index (χ4n) is 2.74. The van der Waals surface area contributed by atoms with Gasteiger partial charge in [-0.25, -0.2) is 9.78 Å². The Labute approximate surface area is 161 Å². The van der Waals surface area contributed by atoms with Crippen LogP contribution in [0.4, 0.5) is 11.6 Å². The Hall–Kier alpha value is -2.70. The van der Waals surface area contributed by atoms with Crippen LogP contribution in [0, 0.1) is 13.3 Å². The van der Waals surface area contributed by atoms with Crippen LogP contribution in [-0.2, 0) is 0 Å². The largest absolute Gasteiger partial charge is 0.478 e. The summed E-state index contributed by atoms with van der Waals surface area (Å²) in [6.45, 7) is 12.4. The van der Waals surface area contributed by atoms with E-state index in [9.17, 15) is 9.90 Å². The molecule has 3 heterocycles. The molecular formula is C20H25N5O2.